The number of carbonyl (C=O) groups is 2. The number of hydrogen-bond acceptors (Lipinski definition) is 7. The molecule has 1 N–H and O–H groups in total. The quantitative estimate of drug-likeness (QED) is 0.209. The molecule has 0 saturated heterocycles. The van der Waals surface area contributed by atoms with Gasteiger partial charge in [0.1, 0.15) is 6.61 Å². The van der Waals surface area contributed by atoms with E-state index in [2.05, 4.69) is 4.98 Å². The molecule has 3 aromatic rings. The van der Waals surface area contributed by atoms with Crippen LogP contribution in [-0.4, -0.2) is 52.3 Å². The number of aliphatic carboxylic acids is 1. The van der Waals surface area contributed by atoms with Crippen molar-refractivity contribution in [1.82, 2.24) is 9.97 Å². The van der Waals surface area contributed by atoms with Crippen molar-refractivity contribution < 1.29 is 24.2 Å². The monoisotopic (exact) mass is 577 g/mol. The molecule has 1 aromatic carbocycles. The average Bonchev–Trinajstić information content (AvgIpc) is 3.43. The number of amides is 1. The number of rotatable bonds is 14. The second kappa shape index (κ2) is 13.6. The van der Waals surface area contributed by atoms with E-state index in [1.807, 2.05) is 55.6 Å². The van der Waals surface area contributed by atoms with Crippen LogP contribution in [-0.2, 0) is 14.3 Å². The average molecular weight is 578 g/mol. The van der Waals surface area contributed by atoms with E-state index < -0.39 is 11.9 Å². The first-order valence-electron chi connectivity index (χ1n) is 14.7. The molecule has 9 heteroatoms. The third kappa shape index (κ3) is 7.71. The van der Waals surface area contributed by atoms with E-state index in [1.54, 1.807) is 11.1 Å². The molecule has 2 heterocycles. The number of aromatic nitrogens is 2. The zero-order chi connectivity index (χ0) is 28.8. The maximum Gasteiger partial charge on any atom is 0.304 e. The van der Waals surface area contributed by atoms with Gasteiger partial charge in [0, 0.05) is 40.7 Å². The van der Waals surface area contributed by atoms with Crippen LogP contribution in [0.2, 0.25) is 0 Å². The minimum atomic E-state index is -0.917. The molecule has 218 valence electrons. The molecule has 5 rings (SSSR count). The Morgan fingerprint density at radius 1 is 1.05 bits per heavy atom. The van der Waals surface area contributed by atoms with Crippen LogP contribution in [0.15, 0.2) is 48.0 Å². The molecule has 41 heavy (non-hydrogen) atoms. The first kappa shape index (κ1) is 29.2. The van der Waals surface area contributed by atoms with Gasteiger partial charge in [0.25, 0.3) is 0 Å². The van der Waals surface area contributed by atoms with Gasteiger partial charge < -0.3 is 14.6 Å². The maximum absolute atomic E-state index is 13.8. The molecule has 2 aromatic heterocycles. The molecular weight excluding hydrogens is 538 g/mol. The number of hydrogen-bond donors (Lipinski definition) is 1. The lowest BCUT2D eigenvalue weighted by Gasteiger charge is -2.26. The molecule has 0 spiro atoms. The van der Waals surface area contributed by atoms with Gasteiger partial charge in [-0.1, -0.05) is 49.9 Å². The Morgan fingerprint density at radius 3 is 2.46 bits per heavy atom. The van der Waals surface area contributed by atoms with Crippen LogP contribution in [0.4, 0.5) is 5.13 Å². The zero-order valence-electron chi connectivity index (χ0n) is 23.8. The van der Waals surface area contributed by atoms with Gasteiger partial charge in [-0.2, -0.15) is 0 Å². The number of ether oxygens (including phenoxy) is 2. The molecule has 1 atom stereocenters. The fourth-order valence-corrected chi connectivity index (χ4v) is 6.50. The van der Waals surface area contributed by atoms with Crippen molar-refractivity contribution in [1.29, 1.82) is 0 Å². The molecule has 2 saturated carbocycles. The van der Waals surface area contributed by atoms with Gasteiger partial charge in [-0.05, 0) is 50.7 Å². The third-order valence-corrected chi connectivity index (χ3v) is 8.59. The lowest BCUT2D eigenvalue weighted by molar-refractivity contribution is -0.141. The van der Waals surface area contributed by atoms with Gasteiger partial charge >= 0.3 is 5.97 Å². The van der Waals surface area contributed by atoms with E-state index in [0.717, 1.165) is 48.1 Å². The van der Waals surface area contributed by atoms with Crippen LogP contribution in [0, 0.1) is 11.8 Å². The molecule has 2 aliphatic carbocycles. The van der Waals surface area contributed by atoms with Gasteiger partial charge in [0.2, 0.25) is 11.8 Å². The molecular formula is C32H39N3O5S. The molecule has 2 aliphatic rings. The predicted molar refractivity (Wildman–Crippen MR) is 160 cm³/mol. The highest BCUT2D eigenvalue weighted by Gasteiger charge is 2.40. The zero-order valence-corrected chi connectivity index (χ0v) is 24.6. The summed E-state index contributed by atoms with van der Waals surface area (Å²) in [6, 6.07) is 12.0. The van der Waals surface area contributed by atoms with Crippen LogP contribution in [0.3, 0.4) is 0 Å². The van der Waals surface area contributed by atoms with Gasteiger partial charge in [-0.15, -0.1) is 11.3 Å². The Morgan fingerprint density at radius 2 is 1.80 bits per heavy atom. The van der Waals surface area contributed by atoms with Crippen LogP contribution in [0.1, 0.15) is 65.2 Å². The van der Waals surface area contributed by atoms with E-state index >= 15 is 0 Å². The second-order valence-electron chi connectivity index (χ2n) is 11.3. The van der Waals surface area contributed by atoms with Gasteiger partial charge in [-0.25, -0.2) is 9.97 Å². The Kier molecular flexibility index (Phi) is 9.67. The Bertz CT molecular complexity index is 1310. The smallest absolute Gasteiger partial charge is 0.304 e. The number of carboxylic acids is 1. The lowest BCUT2D eigenvalue weighted by Crippen LogP contribution is -2.39. The second-order valence-corrected chi connectivity index (χ2v) is 12.2. The molecule has 1 unspecified atom stereocenters. The fraction of sp³-hybridized carbons (Fsp3) is 0.500. The molecule has 0 bridgehead atoms. The van der Waals surface area contributed by atoms with Crippen LogP contribution in [0.25, 0.3) is 22.4 Å². The molecule has 2 fully saturated rings. The number of nitrogens with zero attached hydrogens (tertiary/aromatic N) is 3. The summed E-state index contributed by atoms with van der Waals surface area (Å²) in [5, 5.41) is 12.2. The maximum atomic E-state index is 13.8. The van der Waals surface area contributed by atoms with Gasteiger partial charge in [0.15, 0.2) is 5.13 Å². The highest BCUT2D eigenvalue weighted by atomic mass is 32.1. The summed E-state index contributed by atoms with van der Waals surface area (Å²) in [7, 11) is 0. The van der Waals surface area contributed by atoms with E-state index in [9.17, 15) is 14.7 Å². The van der Waals surface area contributed by atoms with E-state index in [4.69, 9.17) is 14.5 Å². The minimum Gasteiger partial charge on any atom is -0.481 e. The Balaban J connectivity index is 1.34. The fourth-order valence-electron chi connectivity index (χ4n) is 5.60. The first-order valence-corrected chi connectivity index (χ1v) is 15.6. The van der Waals surface area contributed by atoms with E-state index in [0.29, 0.717) is 36.6 Å². The summed E-state index contributed by atoms with van der Waals surface area (Å²) < 4.78 is 11.2. The summed E-state index contributed by atoms with van der Waals surface area (Å²) in [5.41, 5.74) is 3.66. The van der Waals surface area contributed by atoms with Crippen molar-refractivity contribution in [3.63, 3.8) is 0 Å². The summed E-state index contributed by atoms with van der Waals surface area (Å²) in [4.78, 5) is 36.8. The normalized spacial score (nSPS) is 16.2. The summed E-state index contributed by atoms with van der Waals surface area (Å²) in [6.07, 6.45) is 8.81. The van der Waals surface area contributed by atoms with Crippen LogP contribution >= 0.6 is 11.3 Å². The standard InChI is InChI=1S/C32H39N3O5S/c1-21(2)39-15-16-40-29-14-11-23(19-33-29)26-9-5-6-10-27(26)28-20-41-32(34-28)35(25-12-13-25)31(38)24(18-30(36)37)17-22-7-3-4-8-22/h5-6,9-11,14,19-22,24-25H,3-4,7-8,12-13,15-18H2,1-2H3,(H,36,37). The van der Waals surface area contributed by atoms with Crippen molar-refractivity contribution in [2.75, 3.05) is 18.1 Å². The summed E-state index contributed by atoms with van der Waals surface area (Å²) in [5.74, 6) is -0.544. The lowest BCUT2D eigenvalue weighted by atomic mass is 9.90. The van der Waals surface area contributed by atoms with Crippen molar-refractivity contribution in [3.05, 3.63) is 48.0 Å². The molecule has 0 radical (unpaired) electrons. The van der Waals surface area contributed by atoms with Crippen LogP contribution in [0.5, 0.6) is 5.88 Å². The number of benzene rings is 1. The summed E-state index contributed by atoms with van der Waals surface area (Å²) >= 11 is 1.45. The van der Waals surface area contributed by atoms with Gasteiger partial charge in [-0.3, -0.25) is 14.5 Å². The number of carbonyl (C=O) groups excluding carboxylic acids is 1. The number of carboxylic acid groups (broad SMARTS) is 1. The minimum absolute atomic E-state index is 0.0884. The number of thiazole rings is 1. The van der Waals surface area contributed by atoms with Crippen molar-refractivity contribution in [3.8, 4) is 28.3 Å². The topological polar surface area (TPSA) is 102 Å². The van der Waals surface area contributed by atoms with Gasteiger partial charge in [0.05, 0.1) is 24.8 Å². The number of pyridine rings is 1. The third-order valence-electron chi connectivity index (χ3n) is 7.75. The largest absolute Gasteiger partial charge is 0.481 e. The molecule has 0 aliphatic heterocycles. The van der Waals surface area contributed by atoms with Crippen LogP contribution < -0.4 is 9.64 Å². The SMILES string of the molecule is CC(C)OCCOc1ccc(-c2ccccc2-c2csc(N(C(=O)C(CC(=O)O)CC3CCCC3)C3CC3)n2)cn1. The highest BCUT2D eigenvalue weighted by molar-refractivity contribution is 7.14. The Hall–Kier alpha value is -3.30. The Labute approximate surface area is 245 Å². The van der Waals surface area contributed by atoms with Crippen molar-refractivity contribution in [2.24, 2.45) is 11.8 Å². The van der Waals surface area contributed by atoms with Crippen molar-refractivity contribution in [2.45, 2.75) is 77.4 Å². The molecule has 1 amide bonds. The molecule has 8 nitrogen and oxygen atoms in total. The first-order chi connectivity index (χ1) is 19.9. The predicted octanol–water partition coefficient (Wildman–Crippen LogP) is 6.84. The number of anilines is 1. The van der Waals surface area contributed by atoms with E-state index in [-0.39, 0.29) is 24.5 Å². The van der Waals surface area contributed by atoms with Crippen molar-refractivity contribution >= 4 is 28.3 Å². The van der Waals surface area contributed by atoms with E-state index in [1.165, 1.54) is 24.2 Å². The summed E-state index contributed by atoms with van der Waals surface area (Å²) in [6.45, 7) is 4.93. The highest BCUT2D eigenvalue weighted by Crippen LogP contribution is 2.40.